The van der Waals surface area contributed by atoms with Gasteiger partial charge >= 0.3 is 5.69 Å². The number of aromatic hydroxyl groups is 1. The van der Waals surface area contributed by atoms with Crippen molar-refractivity contribution in [2.45, 2.75) is 13.3 Å². The number of methoxy groups -OCH3 is 1. The molecule has 1 atom stereocenters. The summed E-state index contributed by atoms with van der Waals surface area (Å²) in [6.07, 6.45) is 5.36. The van der Waals surface area contributed by atoms with Crippen LogP contribution in [0.1, 0.15) is 13.3 Å². The summed E-state index contributed by atoms with van der Waals surface area (Å²) in [6, 6.07) is 8.18. The van der Waals surface area contributed by atoms with Crippen molar-refractivity contribution < 1.29 is 14.6 Å². The highest BCUT2D eigenvalue weighted by Crippen LogP contribution is 2.44. The van der Waals surface area contributed by atoms with Crippen molar-refractivity contribution in [3.05, 3.63) is 75.1 Å². The Morgan fingerprint density at radius 3 is 2.85 bits per heavy atom. The summed E-state index contributed by atoms with van der Waals surface area (Å²) in [5.74, 6) is 1.04. The van der Waals surface area contributed by atoms with Crippen molar-refractivity contribution in [2.24, 2.45) is 10.9 Å². The Morgan fingerprint density at radius 2 is 2.15 bits per heavy atom. The molecule has 0 aliphatic carbocycles. The number of benzene rings is 2. The quantitative estimate of drug-likeness (QED) is 0.228. The van der Waals surface area contributed by atoms with Crippen molar-refractivity contribution in [3.8, 4) is 28.3 Å². The highest BCUT2D eigenvalue weighted by atomic mass is 35.5. The van der Waals surface area contributed by atoms with Gasteiger partial charge in [0.1, 0.15) is 23.0 Å². The number of hydrogen-bond acceptors (Lipinski definition) is 7. The minimum atomic E-state index is -0.677. The van der Waals surface area contributed by atoms with Gasteiger partial charge in [-0.3, -0.25) is 9.36 Å². The molecule has 40 heavy (non-hydrogen) atoms. The average molecular weight is 563 g/mol. The van der Waals surface area contributed by atoms with E-state index in [9.17, 15) is 14.7 Å². The predicted octanol–water partition coefficient (Wildman–Crippen LogP) is 2.04. The zero-order valence-corrected chi connectivity index (χ0v) is 23.1. The molecule has 11 heteroatoms. The Labute approximate surface area is 236 Å². The molecule has 3 aromatic rings. The summed E-state index contributed by atoms with van der Waals surface area (Å²) < 4.78 is 6.54. The van der Waals surface area contributed by atoms with E-state index in [0.717, 1.165) is 13.0 Å². The summed E-state index contributed by atoms with van der Waals surface area (Å²) >= 11 is 6.73. The number of carbonyl (C=O) groups is 1. The first-order valence-corrected chi connectivity index (χ1v) is 12.9. The fourth-order valence-corrected chi connectivity index (χ4v) is 4.89. The average Bonchev–Trinajstić information content (AvgIpc) is 3.41. The maximum atomic E-state index is 12.7. The van der Waals surface area contributed by atoms with Gasteiger partial charge in [-0.05, 0) is 48.3 Å². The van der Waals surface area contributed by atoms with E-state index in [4.69, 9.17) is 22.1 Å². The minimum absolute atomic E-state index is 0.0470. The molecule has 0 bridgehead atoms. The number of amidine groups is 1. The monoisotopic (exact) mass is 562 g/mol. The van der Waals surface area contributed by atoms with Crippen LogP contribution in [0.2, 0.25) is 5.02 Å². The number of nitrogens with zero attached hydrogens (tertiary/aromatic N) is 4. The van der Waals surface area contributed by atoms with Gasteiger partial charge in [0.05, 0.1) is 18.0 Å². The first-order valence-electron chi connectivity index (χ1n) is 12.6. The second-order valence-electron chi connectivity index (χ2n) is 9.42. The number of rotatable bonds is 7. The van der Waals surface area contributed by atoms with Crippen molar-refractivity contribution in [1.29, 1.82) is 0 Å². The van der Waals surface area contributed by atoms with Gasteiger partial charge in [-0.1, -0.05) is 36.9 Å². The molecule has 0 radical (unpaired) electrons. The second-order valence-corrected chi connectivity index (χ2v) is 9.80. The van der Waals surface area contributed by atoms with Crippen molar-refractivity contribution in [1.82, 2.24) is 19.8 Å². The number of aliphatic imine (C=N–C) groups is 1. The molecule has 1 aliphatic heterocycles. The topological polar surface area (TPSA) is 135 Å². The Bertz CT molecular complexity index is 1670. The van der Waals surface area contributed by atoms with E-state index in [1.807, 2.05) is 13.0 Å². The number of hydrogen-bond donors (Lipinski definition) is 3. The Hall–Kier alpha value is -4.57. The van der Waals surface area contributed by atoms with E-state index in [1.54, 1.807) is 23.2 Å². The molecule has 10 nitrogen and oxygen atoms in total. The number of carbonyl (C=O) groups excluding carboxylic acids is 1. The maximum absolute atomic E-state index is 12.7. The van der Waals surface area contributed by atoms with E-state index in [1.165, 1.54) is 36.1 Å². The third kappa shape index (κ3) is 6.02. The highest BCUT2D eigenvalue weighted by Gasteiger charge is 2.24. The van der Waals surface area contributed by atoms with E-state index >= 15 is 0 Å². The molecule has 4 N–H and O–H groups in total. The minimum Gasteiger partial charge on any atom is -0.506 e. The number of nitrogens with one attached hydrogen (secondary N) is 1. The summed E-state index contributed by atoms with van der Waals surface area (Å²) in [5, 5.41) is 15.8. The first-order chi connectivity index (χ1) is 19.1. The second kappa shape index (κ2) is 12.1. The van der Waals surface area contributed by atoms with E-state index in [2.05, 4.69) is 28.5 Å². The molecule has 208 valence electrons. The summed E-state index contributed by atoms with van der Waals surface area (Å²) in [6.45, 7) is 11.6. The normalized spacial score (nSPS) is 15.8. The summed E-state index contributed by atoms with van der Waals surface area (Å²) in [7, 11) is 1.43. The summed E-state index contributed by atoms with van der Waals surface area (Å²) in [5.41, 5.74) is 6.07. The fourth-order valence-electron chi connectivity index (χ4n) is 4.56. The molecule has 2 heterocycles. The standard InChI is InChI=1S/C29H31ClN6O4/c1-5-25(38)35-10-8-19(16-35)14-32-18(3)33-15-21-12-20(7-6-17(21)2)26-27(30)23(40-4)13-22(37)28(26)36-11-9-24(31)34-29(36)39/h5-7,9,11-13,15,19,37H,1-2,8,10,14,16H2,3-4H3,(H,32,33)(H2,31,34,39)/b21-15-/t19-/m1/s1. The van der Waals surface area contributed by atoms with Crippen LogP contribution in [-0.2, 0) is 4.79 Å². The van der Waals surface area contributed by atoms with E-state index < -0.39 is 5.69 Å². The largest absolute Gasteiger partial charge is 0.506 e. The Kier molecular flexibility index (Phi) is 8.59. The van der Waals surface area contributed by atoms with Gasteiger partial charge < -0.3 is 25.8 Å². The highest BCUT2D eigenvalue weighted by molar-refractivity contribution is 6.35. The van der Waals surface area contributed by atoms with Gasteiger partial charge in [0.2, 0.25) is 5.91 Å². The molecule has 1 saturated heterocycles. The Morgan fingerprint density at radius 1 is 1.38 bits per heavy atom. The van der Waals surface area contributed by atoms with Gasteiger partial charge in [-0.15, -0.1) is 0 Å². The van der Waals surface area contributed by atoms with Gasteiger partial charge in [0, 0.05) is 48.9 Å². The lowest BCUT2D eigenvalue weighted by Crippen LogP contribution is -2.31. The predicted molar refractivity (Wildman–Crippen MR) is 158 cm³/mol. The number of likely N-dealkylation sites (tertiary alicyclic amines) is 1. The SMILES string of the molecule is C=CC(=O)N1CC[C@H](CN/C(C)=N/C=c2/cc(-c3c(Cl)c(OC)cc(O)c3-n3ccc(N)nc3=O)ccc2=C)C1. The zero-order valence-electron chi connectivity index (χ0n) is 22.4. The van der Waals surface area contributed by atoms with Crippen LogP contribution < -0.4 is 31.9 Å². The van der Waals surface area contributed by atoms with Crippen LogP contribution in [0.4, 0.5) is 5.82 Å². The van der Waals surface area contributed by atoms with Gasteiger partial charge in [0.25, 0.3) is 0 Å². The molecule has 4 rings (SSSR count). The number of phenols is 1. The molecular weight excluding hydrogens is 532 g/mol. The van der Waals surface area contributed by atoms with Gasteiger partial charge in [-0.2, -0.15) is 4.98 Å². The maximum Gasteiger partial charge on any atom is 0.354 e. The number of nitrogen functional groups attached to an aromatic ring is 1. The molecule has 0 saturated carbocycles. The van der Waals surface area contributed by atoms with E-state index in [0.29, 0.717) is 46.4 Å². The molecular formula is C29H31ClN6O4. The van der Waals surface area contributed by atoms with Crippen LogP contribution in [0.5, 0.6) is 11.5 Å². The van der Waals surface area contributed by atoms with Crippen molar-refractivity contribution in [3.63, 3.8) is 0 Å². The molecule has 1 aliphatic rings. The molecule has 1 amide bonds. The third-order valence-corrected chi connectivity index (χ3v) is 7.09. The van der Waals surface area contributed by atoms with Crippen LogP contribution >= 0.6 is 11.6 Å². The Balaban J connectivity index is 1.69. The number of aromatic nitrogens is 2. The van der Waals surface area contributed by atoms with Crippen molar-refractivity contribution >= 4 is 41.9 Å². The van der Waals surface area contributed by atoms with Gasteiger partial charge in [-0.25, -0.2) is 9.79 Å². The van der Waals surface area contributed by atoms with E-state index in [-0.39, 0.29) is 33.9 Å². The van der Waals surface area contributed by atoms with Gasteiger partial charge in [0.15, 0.2) is 0 Å². The lowest BCUT2D eigenvalue weighted by Gasteiger charge is -2.18. The van der Waals surface area contributed by atoms with Crippen LogP contribution in [0, 0.1) is 5.92 Å². The van der Waals surface area contributed by atoms with Crippen molar-refractivity contribution in [2.75, 3.05) is 32.5 Å². The van der Waals surface area contributed by atoms with Crippen LogP contribution in [0.15, 0.2) is 59.0 Å². The number of amides is 1. The van der Waals surface area contributed by atoms with Crippen LogP contribution in [-0.4, -0.2) is 58.0 Å². The van der Waals surface area contributed by atoms with Crippen LogP contribution in [0.25, 0.3) is 29.6 Å². The number of halogens is 1. The zero-order chi connectivity index (χ0) is 29.0. The third-order valence-electron chi connectivity index (χ3n) is 6.72. The molecule has 0 spiro atoms. The molecule has 2 aromatic carbocycles. The smallest absolute Gasteiger partial charge is 0.354 e. The lowest BCUT2D eigenvalue weighted by atomic mass is 10.0. The molecule has 1 aromatic heterocycles. The fraction of sp³-hybridized carbons (Fsp3) is 0.241. The number of ether oxygens (including phenoxy) is 1. The summed E-state index contributed by atoms with van der Waals surface area (Å²) in [4.78, 5) is 34.6. The van der Waals surface area contributed by atoms with Crippen LogP contribution in [0.3, 0.4) is 0 Å². The molecule has 1 fully saturated rings. The number of anilines is 1. The number of nitrogens with two attached hydrogens (primary N) is 1. The number of phenolic OH excluding ortho intramolecular Hbond substituents is 1. The lowest BCUT2D eigenvalue weighted by molar-refractivity contribution is -0.125. The first kappa shape index (κ1) is 28.4. The molecule has 0 unspecified atom stereocenters.